The summed E-state index contributed by atoms with van der Waals surface area (Å²) in [5, 5.41) is 22.0. The van der Waals surface area contributed by atoms with Gasteiger partial charge in [0, 0.05) is 0 Å². The monoisotopic (exact) mass is 275 g/mol. The lowest BCUT2D eigenvalue weighted by Crippen LogP contribution is -2.45. The molecule has 0 saturated carbocycles. The van der Waals surface area contributed by atoms with Crippen LogP contribution in [0.3, 0.4) is 0 Å². The molecule has 0 aromatic heterocycles. The molecule has 0 aromatic carbocycles. The second-order valence-corrected chi connectivity index (χ2v) is 5.69. The van der Waals surface area contributed by atoms with Crippen molar-refractivity contribution in [2.45, 2.75) is 63.7 Å². The van der Waals surface area contributed by atoms with Crippen molar-refractivity contribution in [3.05, 3.63) is 0 Å². The molecular formula is C12H21NO6. The SMILES string of the molecule is CC1(C)O[C@H]([C@@H](O)[C@@H]2COC(C)(C)O2)[C@H](/C=N/O)O1. The van der Waals surface area contributed by atoms with Crippen LogP contribution in [-0.2, 0) is 18.9 Å². The quantitative estimate of drug-likeness (QED) is 0.442. The number of rotatable bonds is 3. The zero-order valence-corrected chi connectivity index (χ0v) is 11.6. The topological polar surface area (TPSA) is 89.7 Å². The molecule has 2 heterocycles. The van der Waals surface area contributed by atoms with Gasteiger partial charge in [0.2, 0.25) is 0 Å². The minimum Gasteiger partial charge on any atom is -0.411 e. The summed E-state index contributed by atoms with van der Waals surface area (Å²) in [6.07, 6.45) is -1.56. The third kappa shape index (κ3) is 3.24. The molecule has 7 nitrogen and oxygen atoms in total. The highest BCUT2D eigenvalue weighted by atomic mass is 16.8. The maximum Gasteiger partial charge on any atom is 0.164 e. The Balaban J connectivity index is 2.07. The Kier molecular flexibility index (Phi) is 3.85. The predicted molar refractivity (Wildman–Crippen MR) is 65.0 cm³/mol. The van der Waals surface area contributed by atoms with E-state index < -0.39 is 36.0 Å². The third-order valence-corrected chi connectivity index (χ3v) is 3.13. The average Bonchev–Trinajstić information content (AvgIpc) is 2.78. The second kappa shape index (κ2) is 4.99. The third-order valence-electron chi connectivity index (χ3n) is 3.13. The van der Waals surface area contributed by atoms with Crippen molar-refractivity contribution in [1.82, 2.24) is 0 Å². The maximum atomic E-state index is 10.4. The summed E-state index contributed by atoms with van der Waals surface area (Å²) < 4.78 is 22.2. The van der Waals surface area contributed by atoms with E-state index in [0.717, 1.165) is 0 Å². The molecule has 4 atom stereocenters. The maximum absolute atomic E-state index is 10.4. The second-order valence-electron chi connectivity index (χ2n) is 5.69. The first-order valence-electron chi connectivity index (χ1n) is 6.27. The van der Waals surface area contributed by atoms with Gasteiger partial charge in [0.1, 0.15) is 24.4 Å². The van der Waals surface area contributed by atoms with Crippen molar-refractivity contribution in [1.29, 1.82) is 0 Å². The van der Waals surface area contributed by atoms with Crippen LogP contribution in [0.1, 0.15) is 27.7 Å². The largest absolute Gasteiger partial charge is 0.411 e. The fraction of sp³-hybridized carbons (Fsp3) is 0.917. The van der Waals surface area contributed by atoms with Crippen LogP contribution in [0.15, 0.2) is 5.16 Å². The van der Waals surface area contributed by atoms with E-state index in [2.05, 4.69) is 5.16 Å². The van der Waals surface area contributed by atoms with Gasteiger partial charge in [-0.1, -0.05) is 5.16 Å². The van der Waals surface area contributed by atoms with E-state index in [4.69, 9.17) is 24.2 Å². The van der Waals surface area contributed by atoms with Gasteiger partial charge in [-0.05, 0) is 27.7 Å². The Morgan fingerprint density at radius 2 is 1.84 bits per heavy atom. The molecule has 2 saturated heterocycles. The minimum absolute atomic E-state index is 0.275. The highest BCUT2D eigenvalue weighted by Gasteiger charge is 2.49. The van der Waals surface area contributed by atoms with Crippen LogP contribution in [0.2, 0.25) is 0 Å². The van der Waals surface area contributed by atoms with E-state index in [0.29, 0.717) is 0 Å². The van der Waals surface area contributed by atoms with Gasteiger partial charge in [0.15, 0.2) is 11.6 Å². The van der Waals surface area contributed by atoms with E-state index in [9.17, 15) is 5.11 Å². The molecule has 2 N–H and O–H groups in total. The van der Waals surface area contributed by atoms with Crippen LogP contribution in [-0.4, -0.2) is 59.1 Å². The number of aliphatic hydroxyl groups excluding tert-OH is 1. The van der Waals surface area contributed by atoms with Crippen LogP contribution >= 0.6 is 0 Å². The molecule has 0 bridgehead atoms. The van der Waals surface area contributed by atoms with Crippen LogP contribution in [0, 0.1) is 0 Å². The molecule has 2 aliphatic rings. The Hall–Kier alpha value is -0.730. The molecule has 0 radical (unpaired) electrons. The average molecular weight is 275 g/mol. The van der Waals surface area contributed by atoms with Crippen molar-refractivity contribution >= 4 is 6.21 Å². The molecule has 0 amide bonds. The van der Waals surface area contributed by atoms with Gasteiger partial charge in [0.25, 0.3) is 0 Å². The van der Waals surface area contributed by atoms with Gasteiger partial charge in [-0.3, -0.25) is 0 Å². The fourth-order valence-corrected chi connectivity index (χ4v) is 2.36. The van der Waals surface area contributed by atoms with Gasteiger partial charge in [-0.2, -0.15) is 0 Å². The lowest BCUT2D eigenvalue weighted by molar-refractivity contribution is -0.178. The van der Waals surface area contributed by atoms with E-state index in [1.807, 2.05) is 0 Å². The van der Waals surface area contributed by atoms with Crippen LogP contribution < -0.4 is 0 Å². The van der Waals surface area contributed by atoms with Gasteiger partial charge in [-0.15, -0.1) is 0 Å². The Labute approximate surface area is 112 Å². The van der Waals surface area contributed by atoms with Crippen molar-refractivity contribution in [3.8, 4) is 0 Å². The summed E-state index contributed by atoms with van der Waals surface area (Å²) in [4.78, 5) is 0. The molecule has 2 rings (SSSR count). The number of oxime groups is 1. The first-order valence-corrected chi connectivity index (χ1v) is 6.27. The Morgan fingerprint density at radius 3 is 2.37 bits per heavy atom. The minimum atomic E-state index is -0.938. The predicted octanol–water partition coefficient (Wildman–Crippen LogP) is 0.479. The Bertz CT molecular complexity index is 356. The summed E-state index contributed by atoms with van der Waals surface area (Å²) in [6, 6.07) is 0. The fourth-order valence-electron chi connectivity index (χ4n) is 2.36. The molecule has 110 valence electrons. The first-order chi connectivity index (χ1) is 8.74. The van der Waals surface area contributed by atoms with Crippen molar-refractivity contribution in [3.63, 3.8) is 0 Å². The lowest BCUT2D eigenvalue weighted by Gasteiger charge is -2.25. The summed E-state index contributed by atoms with van der Waals surface area (Å²) in [7, 11) is 0. The highest BCUT2D eigenvalue weighted by Crippen LogP contribution is 2.33. The molecule has 19 heavy (non-hydrogen) atoms. The molecule has 2 aliphatic heterocycles. The molecule has 0 unspecified atom stereocenters. The van der Waals surface area contributed by atoms with Gasteiger partial charge >= 0.3 is 0 Å². The van der Waals surface area contributed by atoms with E-state index in [1.54, 1.807) is 27.7 Å². The van der Waals surface area contributed by atoms with Crippen LogP contribution in [0.5, 0.6) is 0 Å². The number of aliphatic hydroxyl groups is 1. The first kappa shape index (κ1) is 14.7. The van der Waals surface area contributed by atoms with E-state index in [1.165, 1.54) is 6.21 Å². The molecule has 0 aromatic rings. The number of hydrogen-bond donors (Lipinski definition) is 2. The smallest absolute Gasteiger partial charge is 0.164 e. The van der Waals surface area contributed by atoms with Crippen LogP contribution in [0.4, 0.5) is 0 Å². The molecule has 2 fully saturated rings. The number of hydrogen-bond acceptors (Lipinski definition) is 7. The zero-order chi connectivity index (χ0) is 14.3. The van der Waals surface area contributed by atoms with Crippen molar-refractivity contribution in [2.75, 3.05) is 6.61 Å². The van der Waals surface area contributed by atoms with Gasteiger partial charge < -0.3 is 29.3 Å². The van der Waals surface area contributed by atoms with Crippen LogP contribution in [0.25, 0.3) is 0 Å². The van der Waals surface area contributed by atoms with E-state index >= 15 is 0 Å². The zero-order valence-electron chi connectivity index (χ0n) is 11.6. The summed E-state index contributed by atoms with van der Waals surface area (Å²) in [6.45, 7) is 7.30. The van der Waals surface area contributed by atoms with Gasteiger partial charge in [-0.25, -0.2) is 0 Å². The lowest BCUT2D eigenvalue weighted by atomic mass is 10.0. The normalized spacial score (nSPS) is 38.9. The van der Waals surface area contributed by atoms with Crippen molar-refractivity contribution < 1.29 is 29.3 Å². The number of nitrogens with zero attached hydrogens (tertiary/aromatic N) is 1. The summed E-state index contributed by atoms with van der Waals surface area (Å²) >= 11 is 0. The number of ether oxygens (including phenoxy) is 4. The summed E-state index contributed by atoms with van der Waals surface area (Å²) in [5.41, 5.74) is 0. The van der Waals surface area contributed by atoms with Gasteiger partial charge in [0.05, 0.1) is 12.8 Å². The van der Waals surface area contributed by atoms with E-state index in [-0.39, 0.29) is 6.61 Å². The molecule has 7 heteroatoms. The van der Waals surface area contributed by atoms with Crippen molar-refractivity contribution in [2.24, 2.45) is 5.16 Å². The molecule has 0 aliphatic carbocycles. The molecule has 0 spiro atoms. The Morgan fingerprint density at radius 1 is 1.16 bits per heavy atom. The standard InChI is InChI=1S/C12H21NO6/c1-11(2)16-6-8(18-11)9(14)10-7(5-13-15)17-12(3,4)19-10/h5,7-10,14-15H,6H2,1-4H3/b13-5+/t7-,8-,9-,10-/m0/s1. The highest BCUT2D eigenvalue weighted by molar-refractivity contribution is 5.64. The molecular weight excluding hydrogens is 254 g/mol. The summed E-state index contributed by atoms with van der Waals surface area (Å²) in [5.74, 6) is -1.58.